The van der Waals surface area contributed by atoms with Crippen LogP contribution in [0, 0.1) is 13.8 Å². The van der Waals surface area contributed by atoms with E-state index in [1.165, 1.54) is 22.3 Å². The SMILES string of the molecule is Cc1cncc(Cc2ccccc2)c1C. The van der Waals surface area contributed by atoms with E-state index >= 15 is 0 Å². The standard InChI is InChI=1S/C14H15N/c1-11-9-15-10-14(12(11)2)8-13-6-4-3-5-7-13/h3-7,9-10H,8H2,1-2H3. The highest BCUT2D eigenvalue weighted by Gasteiger charge is 2.02. The van der Waals surface area contributed by atoms with Crippen molar-refractivity contribution in [1.82, 2.24) is 4.98 Å². The van der Waals surface area contributed by atoms with Crippen LogP contribution in [0.4, 0.5) is 0 Å². The first-order chi connectivity index (χ1) is 7.27. The number of rotatable bonds is 2. The molecule has 2 rings (SSSR count). The fraction of sp³-hybridized carbons (Fsp3) is 0.214. The lowest BCUT2D eigenvalue weighted by atomic mass is 10.0. The predicted molar refractivity (Wildman–Crippen MR) is 63.0 cm³/mol. The molecule has 0 fully saturated rings. The molecule has 2 aromatic rings. The van der Waals surface area contributed by atoms with Crippen molar-refractivity contribution in [3.63, 3.8) is 0 Å². The van der Waals surface area contributed by atoms with Gasteiger partial charge in [0.15, 0.2) is 0 Å². The first-order valence-electron chi connectivity index (χ1n) is 5.21. The zero-order valence-corrected chi connectivity index (χ0v) is 9.20. The summed E-state index contributed by atoms with van der Waals surface area (Å²) in [7, 11) is 0. The summed E-state index contributed by atoms with van der Waals surface area (Å²) in [6.07, 6.45) is 4.86. The molecule has 0 aliphatic rings. The molecular weight excluding hydrogens is 182 g/mol. The van der Waals surface area contributed by atoms with Crippen molar-refractivity contribution < 1.29 is 0 Å². The van der Waals surface area contributed by atoms with E-state index in [2.05, 4.69) is 43.1 Å². The average Bonchev–Trinajstić information content (AvgIpc) is 2.26. The molecule has 0 saturated carbocycles. The van der Waals surface area contributed by atoms with Gasteiger partial charge in [0.2, 0.25) is 0 Å². The van der Waals surface area contributed by atoms with Gasteiger partial charge in [0.05, 0.1) is 0 Å². The van der Waals surface area contributed by atoms with E-state index in [1.54, 1.807) is 0 Å². The maximum Gasteiger partial charge on any atom is 0.0306 e. The zero-order chi connectivity index (χ0) is 10.7. The molecule has 15 heavy (non-hydrogen) atoms. The zero-order valence-electron chi connectivity index (χ0n) is 9.20. The lowest BCUT2D eigenvalue weighted by molar-refractivity contribution is 1.08. The Bertz CT molecular complexity index is 446. The van der Waals surface area contributed by atoms with Crippen molar-refractivity contribution in [3.05, 3.63) is 65.0 Å². The van der Waals surface area contributed by atoms with Crippen molar-refractivity contribution in [2.45, 2.75) is 20.3 Å². The van der Waals surface area contributed by atoms with Gasteiger partial charge in [0, 0.05) is 12.4 Å². The topological polar surface area (TPSA) is 12.9 Å². The Kier molecular flexibility index (Phi) is 2.82. The van der Waals surface area contributed by atoms with Crippen molar-refractivity contribution >= 4 is 0 Å². The van der Waals surface area contributed by atoms with Crippen molar-refractivity contribution in [1.29, 1.82) is 0 Å². The first kappa shape index (κ1) is 9.91. The third-order valence-electron chi connectivity index (χ3n) is 2.81. The number of hydrogen-bond acceptors (Lipinski definition) is 1. The Balaban J connectivity index is 2.29. The van der Waals surface area contributed by atoms with Gasteiger partial charge in [-0.1, -0.05) is 30.3 Å². The molecular formula is C14H15N. The summed E-state index contributed by atoms with van der Waals surface area (Å²) in [5.74, 6) is 0. The molecule has 0 unspecified atom stereocenters. The van der Waals surface area contributed by atoms with Gasteiger partial charge >= 0.3 is 0 Å². The Morgan fingerprint density at radius 3 is 2.47 bits per heavy atom. The summed E-state index contributed by atoms with van der Waals surface area (Å²) in [6.45, 7) is 4.27. The van der Waals surface area contributed by atoms with Crippen LogP contribution < -0.4 is 0 Å². The van der Waals surface area contributed by atoms with Crippen LogP contribution in [-0.2, 0) is 6.42 Å². The maximum atomic E-state index is 4.24. The van der Waals surface area contributed by atoms with Gasteiger partial charge in [-0.2, -0.15) is 0 Å². The minimum Gasteiger partial charge on any atom is -0.264 e. The van der Waals surface area contributed by atoms with Crippen molar-refractivity contribution in [2.75, 3.05) is 0 Å². The van der Waals surface area contributed by atoms with Gasteiger partial charge in [0.1, 0.15) is 0 Å². The Morgan fingerprint density at radius 2 is 1.73 bits per heavy atom. The Labute approximate surface area is 90.8 Å². The molecule has 1 nitrogen and oxygen atoms in total. The van der Waals surface area contributed by atoms with Crippen LogP contribution in [0.25, 0.3) is 0 Å². The van der Waals surface area contributed by atoms with Crippen LogP contribution in [0.3, 0.4) is 0 Å². The van der Waals surface area contributed by atoms with Crippen LogP contribution in [0.1, 0.15) is 22.3 Å². The molecule has 0 N–H and O–H groups in total. The van der Waals surface area contributed by atoms with Gasteiger partial charge in [-0.25, -0.2) is 0 Å². The van der Waals surface area contributed by atoms with Gasteiger partial charge < -0.3 is 0 Å². The second kappa shape index (κ2) is 4.26. The Morgan fingerprint density at radius 1 is 1.00 bits per heavy atom. The largest absolute Gasteiger partial charge is 0.264 e. The van der Waals surface area contributed by atoms with E-state index in [-0.39, 0.29) is 0 Å². The molecule has 0 atom stereocenters. The molecule has 0 saturated heterocycles. The number of aromatic nitrogens is 1. The minimum atomic E-state index is 0.974. The summed E-state index contributed by atoms with van der Waals surface area (Å²) >= 11 is 0. The van der Waals surface area contributed by atoms with E-state index in [0.29, 0.717) is 0 Å². The van der Waals surface area contributed by atoms with Crippen LogP contribution in [0.2, 0.25) is 0 Å². The van der Waals surface area contributed by atoms with E-state index in [0.717, 1.165) is 6.42 Å². The second-order valence-corrected chi connectivity index (χ2v) is 3.90. The molecule has 0 radical (unpaired) electrons. The average molecular weight is 197 g/mol. The van der Waals surface area contributed by atoms with Gasteiger partial charge in [-0.3, -0.25) is 4.98 Å². The van der Waals surface area contributed by atoms with E-state index in [4.69, 9.17) is 0 Å². The molecule has 0 bridgehead atoms. The van der Waals surface area contributed by atoms with E-state index in [9.17, 15) is 0 Å². The number of benzene rings is 1. The second-order valence-electron chi connectivity index (χ2n) is 3.90. The van der Waals surface area contributed by atoms with Crippen molar-refractivity contribution in [2.24, 2.45) is 0 Å². The van der Waals surface area contributed by atoms with E-state index in [1.807, 2.05) is 18.5 Å². The number of nitrogens with zero attached hydrogens (tertiary/aromatic N) is 1. The summed E-state index contributed by atoms with van der Waals surface area (Å²) in [6, 6.07) is 10.5. The molecule has 1 aromatic carbocycles. The highest BCUT2D eigenvalue weighted by Crippen LogP contribution is 2.15. The van der Waals surface area contributed by atoms with Gasteiger partial charge in [-0.15, -0.1) is 0 Å². The molecule has 1 aromatic heterocycles. The normalized spacial score (nSPS) is 10.3. The Hall–Kier alpha value is -1.63. The molecule has 76 valence electrons. The number of pyridine rings is 1. The molecule has 1 heteroatoms. The monoisotopic (exact) mass is 197 g/mol. The summed E-state index contributed by atoms with van der Waals surface area (Å²) < 4.78 is 0. The van der Waals surface area contributed by atoms with Gasteiger partial charge in [0.25, 0.3) is 0 Å². The number of aryl methyl sites for hydroxylation is 1. The summed E-state index contributed by atoms with van der Waals surface area (Å²) in [5, 5.41) is 0. The molecule has 0 aliphatic carbocycles. The molecule has 0 aliphatic heterocycles. The maximum absolute atomic E-state index is 4.24. The molecule has 1 heterocycles. The first-order valence-corrected chi connectivity index (χ1v) is 5.21. The van der Waals surface area contributed by atoms with Crippen LogP contribution in [0.5, 0.6) is 0 Å². The lowest BCUT2D eigenvalue weighted by Gasteiger charge is -2.07. The quantitative estimate of drug-likeness (QED) is 0.720. The highest BCUT2D eigenvalue weighted by molar-refractivity contribution is 5.33. The summed E-state index contributed by atoms with van der Waals surface area (Å²) in [4.78, 5) is 4.24. The third kappa shape index (κ3) is 2.24. The highest BCUT2D eigenvalue weighted by atomic mass is 14.6. The van der Waals surface area contributed by atoms with Crippen LogP contribution >= 0.6 is 0 Å². The molecule has 0 amide bonds. The molecule has 0 spiro atoms. The lowest BCUT2D eigenvalue weighted by Crippen LogP contribution is -1.95. The third-order valence-corrected chi connectivity index (χ3v) is 2.81. The fourth-order valence-electron chi connectivity index (χ4n) is 1.68. The number of hydrogen-bond donors (Lipinski definition) is 0. The minimum absolute atomic E-state index is 0.974. The van der Waals surface area contributed by atoms with Crippen molar-refractivity contribution in [3.8, 4) is 0 Å². The fourth-order valence-corrected chi connectivity index (χ4v) is 1.68. The van der Waals surface area contributed by atoms with E-state index < -0.39 is 0 Å². The summed E-state index contributed by atoms with van der Waals surface area (Å²) in [5.41, 5.74) is 5.28. The predicted octanol–water partition coefficient (Wildman–Crippen LogP) is 3.29. The van der Waals surface area contributed by atoms with Crippen LogP contribution in [-0.4, -0.2) is 4.98 Å². The van der Waals surface area contributed by atoms with Gasteiger partial charge in [-0.05, 0) is 42.5 Å². The van der Waals surface area contributed by atoms with Crippen LogP contribution in [0.15, 0.2) is 42.7 Å². The smallest absolute Gasteiger partial charge is 0.0306 e.